The molecule has 0 spiro atoms. The largest absolute Gasteiger partial charge is 0.307 e. The van der Waals surface area contributed by atoms with E-state index >= 15 is 0 Å². The van der Waals surface area contributed by atoms with Crippen LogP contribution in [-0.2, 0) is 10.2 Å². The van der Waals surface area contributed by atoms with Crippen LogP contribution in [0.15, 0.2) is 16.7 Å². The third kappa shape index (κ3) is 2.57. The molecule has 0 N–H and O–H groups in total. The fourth-order valence-electron chi connectivity index (χ4n) is 5.11. The highest BCUT2D eigenvalue weighted by molar-refractivity contribution is 9.10. The van der Waals surface area contributed by atoms with Crippen LogP contribution in [0.25, 0.3) is 0 Å². The molecule has 1 saturated carbocycles. The summed E-state index contributed by atoms with van der Waals surface area (Å²) >= 11 is 3.53. The summed E-state index contributed by atoms with van der Waals surface area (Å²) in [5, 5.41) is 0. The molecule has 0 atom stereocenters. The molecule has 0 unspecified atom stereocenters. The van der Waals surface area contributed by atoms with Gasteiger partial charge >= 0.3 is 0 Å². The van der Waals surface area contributed by atoms with Gasteiger partial charge in [-0.05, 0) is 81.0 Å². The number of piperidine rings is 1. The highest BCUT2D eigenvalue weighted by atomic mass is 79.9. The first-order valence-corrected chi connectivity index (χ1v) is 10.4. The number of carbonyl (C=O) groups excluding carboxylic acids is 1. The van der Waals surface area contributed by atoms with Gasteiger partial charge in [-0.1, -0.05) is 13.3 Å². The smallest absolute Gasteiger partial charge is 0.239 e. The first-order valence-electron chi connectivity index (χ1n) is 9.64. The summed E-state index contributed by atoms with van der Waals surface area (Å²) in [6.07, 6.45) is 9.18. The molecular formula is C20H28BrN3O. The van der Waals surface area contributed by atoms with E-state index in [1.54, 1.807) is 0 Å². The number of hydrogen-bond acceptors (Lipinski definition) is 3. The summed E-state index contributed by atoms with van der Waals surface area (Å²) in [5.41, 5.74) is 1.72. The zero-order chi connectivity index (χ0) is 17.8. The lowest BCUT2D eigenvalue weighted by molar-refractivity contribution is -0.124. The number of carbonyl (C=O) groups is 1. The van der Waals surface area contributed by atoms with E-state index in [2.05, 4.69) is 43.7 Å². The highest BCUT2D eigenvalue weighted by Gasteiger charge is 2.55. The molecule has 5 heteroatoms. The molecule has 4 rings (SSSR count). The maximum absolute atomic E-state index is 13.2. The fourth-order valence-corrected chi connectivity index (χ4v) is 5.43. The number of pyridine rings is 1. The Bertz CT molecular complexity index is 690. The van der Waals surface area contributed by atoms with Gasteiger partial charge in [-0.25, -0.2) is 0 Å². The van der Waals surface area contributed by atoms with Crippen molar-refractivity contribution in [1.82, 2.24) is 9.88 Å². The molecule has 1 aromatic heterocycles. The molecule has 0 aromatic carbocycles. The molecule has 4 nitrogen and oxygen atoms in total. The van der Waals surface area contributed by atoms with E-state index in [0.717, 1.165) is 28.7 Å². The molecule has 1 saturated heterocycles. The normalized spacial score (nSPS) is 31.8. The van der Waals surface area contributed by atoms with Gasteiger partial charge in [-0.3, -0.25) is 14.7 Å². The number of fused-ring (bicyclic) bond motifs is 1. The van der Waals surface area contributed by atoms with Crippen LogP contribution in [0.1, 0.15) is 65.0 Å². The number of nitrogens with zero attached hydrogens (tertiary/aromatic N) is 3. The van der Waals surface area contributed by atoms with Gasteiger partial charge in [0.25, 0.3) is 0 Å². The van der Waals surface area contributed by atoms with Gasteiger partial charge in [0.05, 0.1) is 16.8 Å². The quantitative estimate of drug-likeness (QED) is 0.753. The summed E-state index contributed by atoms with van der Waals surface area (Å²) in [5.74, 6) is 0.210. The minimum absolute atomic E-state index is 0.210. The van der Waals surface area contributed by atoms with Crippen LogP contribution < -0.4 is 4.90 Å². The molecule has 136 valence electrons. The van der Waals surface area contributed by atoms with E-state index in [-0.39, 0.29) is 5.91 Å². The van der Waals surface area contributed by atoms with Crippen LogP contribution in [0.5, 0.6) is 0 Å². The standard InChI is InChI=1S/C20H28BrN3O/c1-4-20(23-8-6-5-7-9-23)11-15(12-20)24-16-10-14(21)13-22-17(16)19(2,3)18(24)25/h10,13,15H,4-9,11-12H2,1-3H3/t15-,20+. The third-order valence-electron chi connectivity index (χ3n) is 6.72. The number of likely N-dealkylation sites (tertiary alicyclic amines) is 1. The summed E-state index contributed by atoms with van der Waals surface area (Å²) in [4.78, 5) is 22.5. The van der Waals surface area contributed by atoms with Crippen molar-refractivity contribution in [3.8, 4) is 0 Å². The average Bonchev–Trinajstić information content (AvgIpc) is 2.75. The number of amides is 1. The molecule has 1 amide bonds. The van der Waals surface area contributed by atoms with Gasteiger partial charge in [0, 0.05) is 22.3 Å². The molecule has 2 fully saturated rings. The van der Waals surface area contributed by atoms with Crippen molar-refractivity contribution < 1.29 is 4.79 Å². The van der Waals surface area contributed by atoms with Gasteiger partial charge in [-0.2, -0.15) is 0 Å². The SMILES string of the molecule is CC[C@]1(N2CCCCC2)C[C@@H](N2C(=O)C(C)(C)c3ncc(Br)cc32)C1. The van der Waals surface area contributed by atoms with Crippen LogP contribution in [0.3, 0.4) is 0 Å². The maximum atomic E-state index is 13.2. The zero-order valence-corrected chi connectivity index (χ0v) is 17.1. The summed E-state index contributed by atoms with van der Waals surface area (Å²) in [7, 11) is 0. The van der Waals surface area contributed by atoms with Crippen molar-refractivity contribution in [2.75, 3.05) is 18.0 Å². The first kappa shape index (κ1) is 17.5. The maximum Gasteiger partial charge on any atom is 0.239 e. The zero-order valence-electron chi connectivity index (χ0n) is 15.5. The summed E-state index contributed by atoms with van der Waals surface area (Å²) in [6, 6.07) is 2.38. The van der Waals surface area contributed by atoms with E-state index in [0.29, 0.717) is 11.6 Å². The van der Waals surface area contributed by atoms with E-state index in [4.69, 9.17) is 0 Å². The Morgan fingerprint density at radius 2 is 1.92 bits per heavy atom. The van der Waals surface area contributed by atoms with Crippen molar-refractivity contribution >= 4 is 27.5 Å². The Kier molecular flexibility index (Phi) is 4.23. The van der Waals surface area contributed by atoms with E-state index in [9.17, 15) is 4.79 Å². The first-order chi connectivity index (χ1) is 11.9. The Morgan fingerprint density at radius 1 is 1.24 bits per heavy atom. The molecule has 1 aliphatic carbocycles. The van der Waals surface area contributed by atoms with E-state index in [1.165, 1.54) is 38.8 Å². The fraction of sp³-hybridized carbons (Fsp3) is 0.700. The second-order valence-electron chi connectivity index (χ2n) is 8.51. The second kappa shape index (κ2) is 6.05. The van der Waals surface area contributed by atoms with Gasteiger partial charge < -0.3 is 4.90 Å². The van der Waals surface area contributed by atoms with Crippen molar-refractivity contribution in [1.29, 1.82) is 0 Å². The number of hydrogen-bond donors (Lipinski definition) is 0. The predicted molar refractivity (Wildman–Crippen MR) is 104 cm³/mol. The van der Waals surface area contributed by atoms with Crippen LogP contribution in [0.4, 0.5) is 5.69 Å². The molecule has 3 aliphatic rings. The van der Waals surface area contributed by atoms with Gasteiger partial charge in [0.2, 0.25) is 5.91 Å². The minimum Gasteiger partial charge on any atom is -0.307 e. The van der Waals surface area contributed by atoms with Crippen molar-refractivity contribution in [2.45, 2.75) is 76.3 Å². The van der Waals surface area contributed by atoms with Crippen molar-refractivity contribution in [3.05, 3.63) is 22.4 Å². The summed E-state index contributed by atoms with van der Waals surface area (Å²) < 4.78 is 0.943. The van der Waals surface area contributed by atoms with Crippen LogP contribution >= 0.6 is 15.9 Å². The number of rotatable bonds is 3. The predicted octanol–water partition coefficient (Wildman–Crippen LogP) is 4.27. The molecular weight excluding hydrogens is 378 g/mol. The number of aromatic nitrogens is 1. The molecule has 3 heterocycles. The topological polar surface area (TPSA) is 36.4 Å². The van der Waals surface area contributed by atoms with Crippen LogP contribution in [-0.4, -0.2) is 40.5 Å². The van der Waals surface area contributed by atoms with Crippen LogP contribution in [0.2, 0.25) is 0 Å². The molecule has 25 heavy (non-hydrogen) atoms. The lowest BCUT2D eigenvalue weighted by atomic mass is 9.68. The van der Waals surface area contributed by atoms with E-state index < -0.39 is 5.41 Å². The van der Waals surface area contributed by atoms with Gasteiger partial charge in [-0.15, -0.1) is 0 Å². The van der Waals surface area contributed by atoms with Crippen molar-refractivity contribution in [3.63, 3.8) is 0 Å². The number of halogens is 1. The third-order valence-corrected chi connectivity index (χ3v) is 7.15. The van der Waals surface area contributed by atoms with Crippen molar-refractivity contribution in [2.24, 2.45) is 0 Å². The Hall–Kier alpha value is -0.940. The molecule has 2 aliphatic heterocycles. The average molecular weight is 406 g/mol. The molecule has 0 radical (unpaired) electrons. The lowest BCUT2D eigenvalue weighted by Gasteiger charge is -2.57. The molecule has 1 aromatic rings. The van der Waals surface area contributed by atoms with Crippen LogP contribution in [0, 0.1) is 0 Å². The van der Waals surface area contributed by atoms with E-state index in [1.807, 2.05) is 20.0 Å². The van der Waals surface area contributed by atoms with Gasteiger partial charge in [0.1, 0.15) is 0 Å². The Labute approximate surface area is 159 Å². The molecule has 0 bridgehead atoms. The monoisotopic (exact) mass is 405 g/mol. The van der Waals surface area contributed by atoms with Gasteiger partial charge in [0.15, 0.2) is 0 Å². The summed E-state index contributed by atoms with van der Waals surface area (Å²) in [6.45, 7) is 8.77. The second-order valence-corrected chi connectivity index (χ2v) is 9.42. The minimum atomic E-state index is -0.522. The lowest BCUT2D eigenvalue weighted by Crippen LogP contribution is -2.65. The number of anilines is 1. The Morgan fingerprint density at radius 3 is 2.56 bits per heavy atom. The Balaban J connectivity index is 1.60. The highest BCUT2D eigenvalue weighted by Crippen LogP contribution is 2.50.